The van der Waals surface area contributed by atoms with Gasteiger partial charge in [0.2, 0.25) is 5.91 Å². The van der Waals surface area contributed by atoms with Crippen LogP contribution in [0.2, 0.25) is 0 Å². The summed E-state index contributed by atoms with van der Waals surface area (Å²) in [5.41, 5.74) is 5.67. The van der Waals surface area contributed by atoms with E-state index in [1.807, 2.05) is 13.0 Å². The van der Waals surface area contributed by atoms with Gasteiger partial charge in [-0.1, -0.05) is 19.9 Å². The van der Waals surface area contributed by atoms with Crippen molar-refractivity contribution in [2.24, 2.45) is 5.92 Å². The molecule has 146 valence electrons. The third kappa shape index (κ3) is 3.30. The second kappa shape index (κ2) is 7.74. The molecule has 0 aliphatic heterocycles. The maximum absolute atomic E-state index is 13.0. The molecule has 0 spiro atoms. The Morgan fingerprint density at radius 3 is 2.64 bits per heavy atom. The fraction of sp³-hybridized carbons (Fsp3) is 0.435. The smallest absolute Gasteiger partial charge is 0.226 e. The topological polar surface area (TPSA) is 51.0 Å². The van der Waals surface area contributed by atoms with E-state index in [1.54, 1.807) is 12.4 Å². The van der Waals surface area contributed by atoms with Crippen molar-refractivity contribution in [1.82, 2.24) is 19.4 Å². The molecule has 2 aromatic heterocycles. The quantitative estimate of drug-likeness (QED) is 0.651. The minimum Gasteiger partial charge on any atom is -0.342 e. The van der Waals surface area contributed by atoms with Crippen molar-refractivity contribution in [3.63, 3.8) is 0 Å². The lowest BCUT2D eigenvalue weighted by molar-refractivity contribution is -0.135. The van der Waals surface area contributed by atoms with Crippen molar-refractivity contribution in [1.29, 1.82) is 0 Å². The van der Waals surface area contributed by atoms with E-state index in [0.717, 1.165) is 61.3 Å². The van der Waals surface area contributed by atoms with Gasteiger partial charge >= 0.3 is 0 Å². The highest BCUT2D eigenvalue weighted by Crippen LogP contribution is 2.31. The van der Waals surface area contributed by atoms with Crippen LogP contribution in [0.1, 0.15) is 43.6 Å². The Morgan fingerprint density at radius 1 is 1.14 bits per heavy atom. The van der Waals surface area contributed by atoms with E-state index in [4.69, 9.17) is 0 Å². The second-order valence-electron chi connectivity index (χ2n) is 7.74. The van der Waals surface area contributed by atoms with Gasteiger partial charge in [-0.25, -0.2) is 4.98 Å². The molecule has 0 fully saturated rings. The highest BCUT2D eigenvalue weighted by molar-refractivity contribution is 5.81. The van der Waals surface area contributed by atoms with Crippen LogP contribution in [0.5, 0.6) is 0 Å². The first-order valence-electron chi connectivity index (χ1n) is 10.3. The Balaban J connectivity index is 1.61. The van der Waals surface area contributed by atoms with Crippen LogP contribution in [0.3, 0.4) is 0 Å². The fourth-order valence-electron chi connectivity index (χ4n) is 4.43. The number of aryl methyl sites for hydroxylation is 1. The van der Waals surface area contributed by atoms with Gasteiger partial charge in [-0.2, -0.15) is 0 Å². The molecular weight excluding hydrogens is 348 g/mol. The minimum absolute atomic E-state index is 0.0770. The number of carbonyl (C=O) groups is 1. The second-order valence-corrected chi connectivity index (χ2v) is 7.74. The first-order chi connectivity index (χ1) is 13.6. The number of hydrogen-bond donors (Lipinski definition) is 0. The minimum atomic E-state index is 0.0770. The third-order valence-electron chi connectivity index (χ3n) is 5.65. The predicted molar refractivity (Wildman–Crippen MR) is 112 cm³/mol. The number of carbonyl (C=O) groups excluding carboxylic acids is 1. The van der Waals surface area contributed by atoms with Gasteiger partial charge in [-0.3, -0.25) is 14.3 Å². The summed E-state index contributed by atoms with van der Waals surface area (Å²) < 4.78 is 2.17. The van der Waals surface area contributed by atoms with Crippen molar-refractivity contribution in [2.75, 3.05) is 13.1 Å². The largest absolute Gasteiger partial charge is 0.342 e. The molecule has 0 bridgehead atoms. The Labute approximate surface area is 166 Å². The molecule has 1 unspecified atom stereocenters. The summed E-state index contributed by atoms with van der Waals surface area (Å²) in [4.78, 5) is 23.9. The molecule has 0 radical (unpaired) electrons. The molecule has 0 saturated heterocycles. The van der Waals surface area contributed by atoms with Gasteiger partial charge in [0.05, 0.1) is 11.7 Å². The van der Waals surface area contributed by atoms with E-state index in [0.29, 0.717) is 5.91 Å². The number of hydrogen-bond acceptors (Lipinski definition) is 3. The Morgan fingerprint density at radius 2 is 1.89 bits per heavy atom. The number of aromatic nitrogens is 3. The molecule has 1 aliphatic rings. The van der Waals surface area contributed by atoms with Crippen molar-refractivity contribution >= 4 is 16.9 Å². The Kier molecular flexibility index (Phi) is 5.16. The molecule has 0 N–H and O–H groups in total. The monoisotopic (exact) mass is 376 g/mol. The molecule has 1 aliphatic carbocycles. The number of imidazole rings is 1. The van der Waals surface area contributed by atoms with Gasteiger partial charge in [0.15, 0.2) is 0 Å². The lowest BCUT2D eigenvalue weighted by atomic mass is 10.0. The van der Waals surface area contributed by atoms with Gasteiger partial charge in [0.1, 0.15) is 11.3 Å². The zero-order valence-corrected chi connectivity index (χ0v) is 17.0. The van der Waals surface area contributed by atoms with E-state index in [2.05, 4.69) is 51.5 Å². The summed E-state index contributed by atoms with van der Waals surface area (Å²) in [6.07, 6.45) is 7.31. The molecule has 2 heterocycles. The van der Waals surface area contributed by atoms with Crippen LogP contribution >= 0.6 is 0 Å². The van der Waals surface area contributed by atoms with Crippen molar-refractivity contribution < 1.29 is 4.79 Å². The Bertz CT molecular complexity index is 1000. The van der Waals surface area contributed by atoms with Crippen LogP contribution < -0.4 is 0 Å². The molecule has 5 nitrogen and oxygen atoms in total. The van der Waals surface area contributed by atoms with Crippen LogP contribution in [0.15, 0.2) is 36.7 Å². The lowest BCUT2D eigenvalue weighted by Gasteiger charge is -2.24. The first kappa shape index (κ1) is 18.7. The van der Waals surface area contributed by atoms with Gasteiger partial charge < -0.3 is 4.90 Å². The number of amides is 1. The summed E-state index contributed by atoms with van der Waals surface area (Å²) in [5.74, 6) is 1.34. The molecule has 1 atom stereocenters. The van der Waals surface area contributed by atoms with Crippen molar-refractivity contribution in [3.8, 4) is 5.69 Å². The summed E-state index contributed by atoms with van der Waals surface area (Å²) in [6, 6.07) is 8.58. The molecule has 1 aromatic carbocycles. The number of benzene rings is 1. The van der Waals surface area contributed by atoms with E-state index in [-0.39, 0.29) is 5.92 Å². The number of pyridine rings is 1. The molecule has 3 aromatic rings. The lowest BCUT2D eigenvalue weighted by Crippen LogP contribution is -2.37. The van der Waals surface area contributed by atoms with Crippen molar-refractivity contribution in [3.05, 3.63) is 53.6 Å². The summed E-state index contributed by atoms with van der Waals surface area (Å²) in [6.45, 7) is 8.02. The molecule has 0 saturated carbocycles. The standard InChI is InChI=1S/C23H28N4O/c1-4-10-26(11-5-2)23(28)19-12-17-6-7-20(14-18(17)13-19)27-16(3)25-21-15-24-9-8-22(21)27/h6-9,14-15,19H,4-5,10-13H2,1-3H3. The van der Waals surface area contributed by atoms with E-state index >= 15 is 0 Å². The number of fused-ring (bicyclic) bond motifs is 2. The predicted octanol–water partition coefficient (Wildman–Crippen LogP) is 4.09. The molecule has 28 heavy (non-hydrogen) atoms. The van der Waals surface area contributed by atoms with E-state index < -0.39 is 0 Å². The molecular formula is C23H28N4O. The third-order valence-corrected chi connectivity index (χ3v) is 5.65. The van der Waals surface area contributed by atoms with Crippen LogP contribution in [0.4, 0.5) is 0 Å². The molecule has 1 amide bonds. The fourth-order valence-corrected chi connectivity index (χ4v) is 4.43. The van der Waals surface area contributed by atoms with Crippen LogP contribution in [0, 0.1) is 12.8 Å². The first-order valence-corrected chi connectivity index (χ1v) is 10.3. The number of nitrogens with zero attached hydrogens (tertiary/aromatic N) is 4. The van der Waals surface area contributed by atoms with Gasteiger partial charge in [-0.15, -0.1) is 0 Å². The zero-order chi connectivity index (χ0) is 19.7. The van der Waals surface area contributed by atoms with Crippen LogP contribution in [0.25, 0.3) is 16.7 Å². The van der Waals surface area contributed by atoms with Crippen LogP contribution in [-0.4, -0.2) is 38.4 Å². The van der Waals surface area contributed by atoms with Gasteiger partial charge in [-0.05, 0) is 61.9 Å². The highest BCUT2D eigenvalue weighted by Gasteiger charge is 2.30. The molecule has 4 rings (SSSR count). The van der Waals surface area contributed by atoms with E-state index in [1.165, 1.54) is 11.1 Å². The zero-order valence-electron chi connectivity index (χ0n) is 17.0. The summed E-state index contributed by atoms with van der Waals surface area (Å²) in [7, 11) is 0. The SMILES string of the molecule is CCCN(CCC)C(=O)C1Cc2ccc(-n3c(C)nc4cnccc43)cc2C1. The average Bonchev–Trinajstić information content (AvgIpc) is 3.26. The molecule has 5 heteroatoms. The normalized spacial score (nSPS) is 15.8. The van der Waals surface area contributed by atoms with Crippen molar-refractivity contribution in [2.45, 2.75) is 46.5 Å². The highest BCUT2D eigenvalue weighted by atomic mass is 16.2. The number of rotatable bonds is 6. The van der Waals surface area contributed by atoms with Gasteiger partial charge in [0, 0.05) is 30.9 Å². The maximum atomic E-state index is 13.0. The summed E-state index contributed by atoms with van der Waals surface area (Å²) in [5, 5.41) is 0. The maximum Gasteiger partial charge on any atom is 0.226 e. The van der Waals surface area contributed by atoms with E-state index in [9.17, 15) is 4.79 Å². The summed E-state index contributed by atoms with van der Waals surface area (Å²) >= 11 is 0. The van der Waals surface area contributed by atoms with Gasteiger partial charge in [0.25, 0.3) is 0 Å². The Hall–Kier alpha value is -2.69. The van der Waals surface area contributed by atoms with Crippen LogP contribution in [-0.2, 0) is 17.6 Å². The average molecular weight is 377 g/mol.